The third-order valence-corrected chi connectivity index (χ3v) is 9.41. The topological polar surface area (TPSA) is 71.4 Å². The van der Waals surface area contributed by atoms with Crippen molar-refractivity contribution < 1.29 is 17.8 Å². The van der Waals surface area contributed by atoms with E-state index in [2.05, 4.69) is 0 Å². The molecule has 2 aliphatic rings. The van der Waals surface area contributed by atoms with Gasteiger partial charge in [0.2, 0.25) is 0 Å². The molecule has 19 heavy (non-hydrogen) atoms. The van der Waals surface area contributed by atoms with E-state index in [0.717, 1.165) is 38.5 Å². The lowest BCUT2D eigenvalue weighted by Gasteiger charge is -2.24. The van der Waals surface area contributed by atoms with Crippen LogP contribution in [0.4, 0.5) is 0 Å². The van der Waals surface area contributed by atoms with E-state index in [1.807, 2.05) is 0 Å². The fourth-order valence-electron chi connectivity index (χ4n) is 3.16. The zero-order valence-electron chi connectivity index (χ0n) is 11.2. The van der Waals surface area contributed by atoms with Crippen molar-refractivity contribution in [3.8, 4) is 0 Å². The van der Waals surface area contributed by atoms with Crippen LogP contribution in [0.15, 0.2) is 0 Å². The van der Waals surface area contributed by atoms with Crippen LogP contribution in [0.25, 0.3) is 0 Å². The predicted octanol–water partition coefficient (Wildman–Crippen LogP) is 2.50. The minimum Gasteiger partial charge on any atom is -0.294 e. The van der Waals surface area contributed by atoms with Crippen molar-refractivity contribution in [2.24, 2.45) is 5.92 Å². The van der Waals surface area contributed by atoms with E-state index in [4.69, 9.17) is 0 Å². The smallest absolute Gasteiger partial charge is 0.294 e. The van der Waals surface area contributed by atoms with Gasteiger partial charge in [0.05, 0.1) is 0 Å². The van der Waals surface area contributed by atoms with Crippen LogP contribution in [-0.2, 0) is 23.9 Å². The average molecular weight is 307 g/mol. The second-order valence-corrected chi connectivity index (χ2v) is 10.7. The van der Waals surface area contributed by atoms with E-state index >= 15 is 0 Å². The molecular formula is C13H23O4S2+. The first kappa shape index (κ1) is 15.3. The summed E-state index contributed by atoms with van der Waals surface area (Å²) >= 11 is 0. The Hall–Kier alpha value is -0.0700. The Morgan fingerprint density at radius 1 is 1.05 bits per heavy atom. The van der Waals surface area contributed by atoms with Crippen molar-refractivity contribution in [2.45, 2.75) is 63.0 Å². The molecule has 2 aliphatic carbocycles. The lowest BCUT2D eigenvalue weighted by molar-refractivity contribution is -0.119. The summed E-state index contributed by atoms with van der Waals surface area (Å²) in [6.07, 6.45) is 8.47. The number of hydrogen-bond donors (Lipinski definition) is 1. The Bertz CT molecular complexity index is 412. The van der Waals surface area contributed by atoms with Crippen LogP contribution in [0.2, 0.25) is 0 Å². The number of carbonyl (C=O) groups is 1. The van der Waals surface area contributed by atoms with Crippen LogP contribution in [0.1, 0.15) is 57.8 Å². The van der Waals surface area contributed by atoms with Gasteiger partial charge in [0.15, 0.2) is 21.0 Å². The minimum absolute atomic E-state index is 0.0445. The van der Waals surface area contributed by atoms with Crippen molar-refractivity contribution in [2.75, 3.05) is 5.75 Å². The van der Waals surface area contributed by atoms with Crippen LogP contribution in [-0.4, -0.2) is 29.8 Å². The molecule has 0 aliphatic heterocycles. The first-order valence-electron chi connectivity index (χ1n) is 7.19. The summed E-state index contributed by atoms with van der Waals surface area (Å²) in [7, 11) is -5.27. The average Bonchev–Trinajstić information content (AvgIpc) is 2.37. The Balaban J connectivity index is 2.09. The lowest BCUT2D eigenvalue weighted by atomic mass is 9.91. The molecule has 0 saturated heterocycles. The fraction of sp³-hybridized carbons (Fsp3) is 0.923. The van der Waals surface area contributed by atoms with E-state index in [1.165, 1.54) is 6.42 Å². The van der Waals surface area contributed by atoms with Gasteiger partial charge < -0.3 is 0 Å². The second-order valence-electron chi connectivity index (χ2n) is 5.68. The van der Waals surface area contributed by atoms with Gasteiger partial charge in [-0.3, -0.25) is 4.79 Å². The van der Waals surface area contributed by atoms with Gasteiger partial charge in [-0.1, -0.05) is 19.3 Å². The molecule has 2 atom stereocenters. The van der Waals surface area contributed by atoms with Crippen molar-refractivity contribution in [3.05, 3.63) is 0 Å². The summed E-state index contributed by atoms with van der Waals surface area (Å²) in [5, 5.41) is -0.439. The largest absolute Gasteiger partial charge is 0.447 e. The van der Waals surface area contributed by atoms with Gasteiger partial charge >= 0.3 is 9.15 Å². The molecule has 0 aromatic carbocycles. The van der Waals surface area contributed by atoms with Gasteiger partial charge in [0.1, 0.15) is 5.75 Å². The Morgan fingerprint density at radius 2 is 1.68 bits per heavy atom. The highest BCUT2D eigenvalue weighted by molar-refractivity contribution is 8.67. The number of rotatable bonds is 4. The van der Waals surface area contributed by atoms with Crippen LogP contribution in [0.3, 0.4) is 0 Å². The van der Waals surface area contributed by atoms with Gasteiger partial charge in [-0.25, -0.2) is 4.55 Å². The third kappa shape index (κ3) is 4.20. The van der Waals surface area contributed by atoms with E-state index in [0.29, 0.717) is 24.5 Å². The van der Waals surface area contributed by atoms with Crippen LogP contribution >= 0.6 is 0 Å². The van der Waals surface area contributed by atoms with E-state index < -0.39 is 24.3 Å². The van der Waals surface area contributed by atoms with Crippen molar-refractivity contribution in [1.29, 1.82) is 0 Å². The van der Waals surface area contributed by atoms with E-state index in [9.17, 15) is 17.8 Å². The predicted molar refractivity (Wildman–Crippen MR) is 77.6 cm³/mol. The molecule has 1 N–H and O–H groups in total. The molecule has 2 fully saturated rings. The molecule has 0 aromatic heterocycles. The van der Waals surface area contributed by atoms with Gasteiger partial charge in [-0.05, 0) is 25.7 Å². The summed E-state index contributed by atoms with van der Waals surface area (Å²) in [5.74, 6) is 0.909. The summed E-state index contributed by atoms with van der Waals surface area (Å²) in [6, 6.07) is 0. The van der Waals surface area contributed by atoms with Crippen molar-refractivity contribution >= 4 is 24.9 Å². The molecule has 0 aromatic rings. The number of Topliss-reactive ketones (excluding diaryl/α,β-unsaturated/α-hetero) is 1. The van der Waals surface area contributed by atoms with Crippen LogP contribution < -0.4 is 0 Å². The Kier molecular flexibility index (Phi) is 5.31. The van der Waals surface area contributed by atoms with Crippen molar-refractivity contribution in [3.63, 3.8) is 0 Å². The molecule has 2 rings (SSSR count). The molecule has 0 bridgehead atoms. The molecule has 6 heteroatoms. The highest BCUT2D eigenvalue weighted by atomic mass is 33.2. The minimum atomic E-state index is -4.09. The third-order valence-electron chi connectivity index (χ3n) is 4.21. The molecule has 110 valence electrons. The number of hydrogen-bond acceptors (Lipinski definition) is 3. The molecule has 0 amide bonds. The Morgan fingerprint density at radius 3 is 2.26 bits per heavy atom. The monoisotopic (exact) mass is 307 g/mol. The fourth-order valence-corrected chi connectivity index (χ4v) is 8.09. The van der Waals surface area contributed by atoms with Gasteiger partial charge in [0.25, 0.3) is 0 Å². The number of ketones is 1. The normalized spacial score (nSPS) is 28.3. The van der Waals surface area contributed by atoms with Gasteiger partial charge in [-0.2, -0.15) is 8.42 Å². The molecule has 2 saturated carbocycles. The Labute approximate surface area is 117 Å². The first-order chi connectivity index (χ1) is 8.98. The summed E-state index contributed by atoms with van der Waals surface area (Å²) < 4.78 is 32.8. The van der Waals surface area contributed by atoms with Crippen LogP contribution in [0, 0.1) is 5.92 Å². The molecule has 0 heterocycles. The molecule has 0 spiro atoms. The summed E-state index contributed by atoms with van der Waals surface area (Å²) in [4.78, 5) is 12.0. The summed E-state index contributed by atoms with van der Waals surface area (Å²) in [6.45, 7) is 0. The van der Waals surface area contributed by atoms with Crippen LogP contribution in [0.5, 0.6) is 0 Å². The van der Waals surface area contributed by atoms with Gasteiger partial charge in [-0.15, -0.1) is 0 Å². The second kappa shape index (κ2) is 6.59. The van der Waals surface area contributed by atoms with Gasteiger partial charge in [0, 0.05) is 18.8 Å². The molecule has 0 radical (unpaired) electrons. The highest BCUT2D eigenvalue weighted by Crippen LogP contribution is 2.32. The highest BCUT2D eigenvalue weighted by Gasteiger charge is 2.48. The maximum atomic E-state index is 12.0. The quantitative estimate of drug-likeness (QED) is 0.492. The van der Waals surface area contributed by atoms with E-state index in [-0.39, 0.29) is 5.78 Å². The zero-order valence-corrected chi connectivity index (χ0v) is 12.8. The SMILES string of the molecule is O=C1CCCCC1[S+](CC1CCCCC1)S(=O)(=O)O. The number of carbonyl (C=O) groups excluding carboxylic acids is 1. The standard InChI is InChI=1S/C13H22O4S2/c14-12-8-4-5-9-13(12)18(19(15,16)17)10-11-6-2-1-3-7-11/h11,13H,1-10H2/p+1. The maximum absolute atomic E-state index is 12.0. The zero-order chi connectivity index (χ0) is 13.9. The molecule has 4 nitrogen and oxygen atoms in total. The molecule has 2 unspecified atom stereocenters. The first-order valence-corrected chi connectivity index (χ1v) is 10.6. The van der Waals surface area contributed by atoms with E-state index in [1.54, 1.807) is 0 Å². The molecular weight excluding hydrogens is 284 g/mol. The maximum Gasteiger partial charge on any atom is 0.447 e. The summed E-state index contributed by atoms with van der Waals surface area (Å²) in [5.41, 5.74) is 0. The van der Waals surface area contributed by atoms with Crippen molar-refractivity contribution in [1.82, 2.24) is 0 Å². The lowest BCUT2D eigenvalue weighted by Crippen LogP contribution is -2.41.